The van der Waals surface area contributed by atoms with Crippen LogP contribution in [0.4, 0.5) is 11.4 Å². The summed E-state index contributed by atoms with van der Waals surface area (Å²) < 4.78 is 38.9. The fourth-order valence-electron chi connectivity index (χ4n) is 3.04. The summed E-state index contributed by atoms with van der Waals surface area (Å²) >= 11 is 5.24. The van der Waals surface area contributed by atoms with Crippen LogP contribution in [0.25, 0.3) is 0 Å². The third-order valence-electron chi connectivity index (χ3n) is 4.66. The van der Waals surface area contributed by atoms with Crippen molar-refractivity contribution in [1.29, 1.82) is 0 Å². The SMILES string of the molecule is CCCOc1ccccc1C(=O)NC(=S)Nc1ccc(S(=O)(=O)Nc2ccc(OCC)cc2)cc1. The Morgan fingerprint density at radius 3 is 2.20 bits per heavy atom. The van der Waals surface area contributed by atoms with Crippen LogP contribution in [-0.2, 0) is 10.0 Å². The highest BCUT2D eigenvalue weighted by molar-refractivity contribution is 7.92. The largest absolute Gasteiger partial charge is 0.494 e. The Balaban J connectivity index is 1.60. The molecule has 1 amide bonds. The van der Waals surface area contributed by atoms with Gasteiger partial charge in [0.2, 0.25) is 0 Å². The average molecular weight is 514 g/mol. The average Bonchev–Trinajstić information content (AvgIpc) is 2.84. The van der Waals surface area contributed by atoms with E-state index >= 15 is 0 Å². The maximum absolute atomic E-state index is 12.7. The molecule has 3 aromatic carbocycles. The number of anilines is 2. The van der Waals surface area contributed by atoms with Crippen LogP contribution in [0, 0.1) is 0 Å². The van der Waals surface area contributed by atoms with Crippen molar-refractivity contribution in [3.8, 4) is 11.5 Å². The van der Waals surface area contributed by atoms with E-state index in [1.165, 1.54) is 12.1 Å². The summed E-state index contributed by atoms with van der Waals surface area (Å²) in [6.45, 7) is 4.88. The van der Waals surface area contributed by atoms with Crippen molar-refractivity contribution in [3.63, 3.8) is 0 Å². The molecule has 0 atom stereocenters. The molecule has 35 heavy (non-hydrogen) atoms. The maximum atomic E-state index is 12.7. The molecule has 0 fully saturated rings. The fraction of sp³-hybridized carbons (Fsp3) is 0.200. The van der Waals surface area contributed by atoms with Crippen LogP contribution in [-0.4, -0.2) is 32.7 Å². The summed E-state index contributed by atoms with van der Waals surface area (Å²) in [7, 11) is -3.79. The summed E-state index contributed by atoms with van der Waals surface area (Å²) in [5, 5.41) is 5.57. The van der Waals surface area contributed by atoms with Crippen LogP contribution < -0.4 is 24.8 Å². The second-order valence-corrected chi connectivity index (χ2v) is 9.43. The number of carbonyl (C=O) groups excluding carboxylic acids is 1. The molecule has 0 radical (unpaired) electrons. The van der Waals surface area contributed by atoms with E-state index in [-0.39, 0.29) is 10.0 Å². The second-order valence-electron chi connectivity index (χ2n) is 7.34. The van der Waals surface area contributed by atoms with Crippen LogP contribution in [0.15, 0.2) is 77.7 Å². The van der Waals surface area contributed by atoms with Gasteiger partial charge in [0.1, 0.15) is 11.5 Å². The Hall–Kier alpha value is -3.63. The van der Waals surface area contributed by atoms with Crippen LogP contribution in [0.1, 0.15) is 30.6 Å². The zero-order valence-electron chi connectivity index (χ0n) is 19.4. The van der Waals surface area contributed by atoms with E-state index in [9.17, 15) is 13.2 Å². The second kappa shape index (κ2) is 12.2. The normalized spacial score (nSPS) is 10.8. The van der Waals surface area contributed by atoms with Crippen molar-refractivity contribution in [2.45, 2.75) is 25.2 Å². The molecule has 3 rings (SSSR count). The molecular weight excluding hydrogens is 486 g/mol. The van der Waals surface area contributed by atoms with E-state index in [4.69, 9.17) is 21.7 Å². The van der Waals surface area contributed by atoms with Gasteiger partial charge in [-0.1, -0.05) is 19.1 Å². The number of hydrogen-bond donors (Lipinski definition) is 3. The first-order valence-corrected chi connectivity index (χ1v) is 12.9. The van der Waals surface area contributed by atoms with E-state index in [1.54, 1.807) is 60.7 Å². The number of amides is 1. The molecule has 0 saturated carbocycles. The molecule has 3 aromatic rings. The van der Waals surface area contributed by atoms with Crippen molar-refractivity contribution in [3.05, 3.63) is 78.4 Å². The smallest absolute Gasteiger partial charge is 0.261 e. The van der Waals surface area contributed by atoms with E-state index in [0.717, 1.165) is 6.42 Å². The summed E-state index contributed by atoms with van der Waals surface area (Å²) in [6, 6.07) is 19.6. The van der Waals surface area contributed by atoms with Crippen molar-refractivity contribution >= 4 is 44.6 Å². The van der Waals surface area contributed by atoms with E-state index < -0.39 is 15.9 Å². The number of para-hydroxylation sites is 1. The molecule has 8 nitrogen and oxygen atoms in total. The molecule has 0 saturated heterocycles. The summed E-state index contributed by atoms with van der Waals surface area (Å²) in [5.41, 5.74) is 1.31. The summed E-state index contributed by atoms with van der Waals surface area (Å²) in [4.78, 5) is 12.7. The van der Waals surface area contributed by atoms with Gasteiger partial charge in [-0.15, -0.1) is 0 Å². The van der Waals surface area contributed by atoms with Gasteiger partial charge in [-0.25, -0.2) is 8.42 Å². The highest BCUT2D eigenvalue weighted by Gasteiger charge is 2.16. The van der Waals surface area contributed by atoms with Crippen LogP contribution in [0.5, 0.6) is 11.5 Å². The number of ether oxygens (including phenoxy) is 2. The van der Waals surface area contributed by atoms with E-state index in [1.807, 2.05) is 13.8 Å². The number of nitrogens with one attached hydrogen (secondary N) is 3. The highest BCUT2D eigenvalue weighted by atomic mass is 32.2. The van der Waals surface area contributed by atoms with Gasteiger partial charge in [-0.3, -0.25) is 14.8 Å². The Kier molecular flexibility index (Phi) is 9.04. The Morgan fingerprint density at radius 1 is 0.886 bits per heavy atom. The fourth-order valence-corrected chi connectivity index (χ4v) is 4.31. The van der Waals surface area contributed by atoms with Gasteiger partial charge in [-0.05, 0) is 86.2 Å². The number of hydrogen-bond acceptors (Lipinski definition) is 6. The van der Waals surface area contributed by atoms with Crippen LogP contribution in [0.3, 0.4) is 0 Å². The minimum absolute atomic E-state index is 0.0726. The van der Waals surface area contributed by atoms with Crippen molar-refractivity contribution in [1.82, 2.24) is 5.32 Å². The van der Waals surface area contributed by atoms with Gasteiger partial charge < -0.3 is 14.8 Å². The predicted molar refractivity (Wildman–Crippen MR) is 141 cm³/mol. The van der Waals surface area contributed by atoms with Crippen LogP contribution in [0.2, 0.25) is 0 Å². The molecule has 0 unspecified atom stereocenters. The van der Waals surface area contributed by atoms with Gasteiger partial charge in [0, 0.05) is 11.4 Å². The maximum Gasteiger partial charge on any atom is 0.261 e. The van der Waals surface area contributed by atoms with Gasteiger partial charge in [0.05, 0.1) is 23.7 Å². The lowest BCUT2D eigenvalue weighted by molar-refractivity contribution is 0.0973. The predicted octanol–water partition coefficient (Wildman–Crippen LogP) is 4.80. The van der Waals surface area contributed by atoms with Gasteiger partial charge >= 0.3 is 0 Å². The van der Waals surface area contributed by atoms with Crippen molar-refractivity contribution in [2.24, 2.45) is 0 Å². The Morgan fingerprint density at radius 2 is 1.54 bits per heavy atom. The lowest BCUT2D eigenvalue weighted by atomic mass is 10.2. The molecule has 0 bridgehead atoms. The summed E-state index contributed by atoms with van der Waals surface area (Å²) in [5.74, 6) is 0.725. The standard InChI is InChI=1S/C25H27N3O5S2/c1-3-17-33-23-8-6-5-7-22(23)24(29)27-25(34)26-18-11-15-21(16-12-18)35(30,31)28-19-9-13-20(14-10-19)32-4-2/h5-16,28H,3-4,17H2,1-2H3,(H2,26,27,29,34). The third-order valence-corrected chi connectivity index (χ3v) is 6.26. The van der Waals surface area contributed by atoms with E-state index in [0.29, 0.717) is 41.7 Å². The lowest BCUT2D eigenvalue weighted by Gasteiger charge is -2.13. The zero-order valence-corrected chi connectivity index (χ0v) is 21.0. The molecule has 3 N–H and O–H groups in total. The Labute approximate surface area is 210 Å². The van der Waals surface area contributed by atoms with Crippen LogP contribution >= 0.6 is 12.2 Å². The molecule has 0 aliphatic carbocycles. The van der Waals surface area contributed by atoms with Crippen molar-refractivity contribution in [2.75, 3.05) is 23.3 Å². The van der Waals surface area contributed by atoms with Gasteiger partial charge in [0.25, 0.3) is 15.9 Å². The topological polar surface area (TPSA) is 106 Å². The monoisotopic (exact) mass is 513 g/mol. The highest BCUT2D eigenvalue weighted by Crippen LogP contribution is 2.21. The third kappa shape index (κ3) is 7.43. The molecular formula is C25H27N3O5S2. The minimum atomic E-state index is -3.79. The van der Waals surface area contributed by atoms with Gasteiger partial charge in [0.15, 0.2) is 5.11 Å². The number of sulfonamides is 1. The molecule has 0 aromatic heterocycles. The molecule has 0 aliphatic heterocycles. The molecule has 10 heteroatoms. The molecule has 0 spiro atoms. The molecule has 0 aliphatic rings. The lowest BCUT2D eigenvalue weighted by Crippen LogP contribution is -2.34. The summed E-state index contributed by atoms with van der Waals surface area (Å²) in [6.07, 6.45) is 0.817. The van der Waals surface area contributed by atoms with Gasteiger partial charge in [-0.2, -0.15) is 0 Å². The number of rotatable bonds is 10. The zero-order chi connectivity index (χ0) is 25.3. The minimum Gasteiger partial charge on any atom is -0.494 e. The number of benzene rings is 3. The molecule has 184 valence electrons. The number of thiocarbonyl (C=S) groups is 1. The van der Waals surface area contributed by atoms with E-state index in [2.05, 4.69) is 15.4 Å². The first-order valence-electron chi connectivity index (χ1n) is 11.0. The first kappa shape index (κ1) is 26.0. The Bertz CT molecular complexity index is 1260. The number of carbonyl (C=O) groups is 1. The van der Waals surface area contributed by atoms with Crippen molar-refractivity contribution < 1.29 is 22.7 Å². The first-order chi connectivity index (χ1) is 16.8. The quantitative estimate of drug-likeness (QED) is 0.334. The molecule has 0 heterocycles.